The molecule has 0 spiro atoms. The van der Waals surface area contributed by atoms with E-state index in [-0.39, 0.29) is 5.92 Å². The maximum absolute atomic E-state index is 6.29. The van der Waals surface area contributed by atoms with E-state index in [0.717, 1.165) is 11.4 Å². The molecule has 2 aromatic heterocycles. The first-order chi connectivity index (χ1) is 17.2. The average molecular weight is 505 g/mol. The molecule has 0 N–H and O–H groups in total. The molecule has 0 aliphatic heterocycles. The van der Waals surface area contributed by atoms with E-state index in [1.54, 1.807) is 0 Å². The molecule has 0 aliphatic rings. The van der Waals surface area contributed by atoms with E-state index < -0.39 is 0 Å². The fraction of sp³-hybridized carbons (Fsp3) is 0.0625. The molecule has 0 nitrogen and oxygen atoms in total. The topological polar surface area (TPSA) is 0 Å². The zero-order valence-corrected chi connectivity index (χ0v) is 21.3. The van der Waals surface area contributed by atoms with Gasteiger partial charge in [0.15, 0.2) is 0 Å². The van der Waals surface area contributed by atoms with Crippen LogP contribution in [0.25, 0.3) is 40.3 Å². The molecule has 7 rings (SSSR count). The number of rotatable bonds is 4. The molecule has 168 valence electrons. The van der Waals surface area contributed by atoms with E-state index in [1.807, 2.05) is 28.7 Å². The van der Waals surface area contributed by atoms with Crippen molar-refractivity contribution in [1.29, 1.82) is 0 Å². The lowest BCUT2D eigenvalue weighted by molar-refractivity contribution is 0.814. The zero-order valence-electron chi connectivity index (χ0n) is 18.9. The lowest BCUT2D eigenvalue weighted by Crippen LogP contribution is -2.05. The van der Waals surface area contributed by atoms with Crippen LogP contribution in [-0.2, 0) is 6.42 Å². The second-order valence-electron chi connectivity index (χ2n) is 9.06. The molecular formula is C32H21ClS2. The summed E-state index contributed by atoms with van der Waals surface area (Å²) in [6, 6.07) is 39.7. The van der Waals surface area contributed by atoms with Crippen LogP contribution in [0.15, 0.2) is 109 Å². The standard InChI is InChI=1S/C32H21ClS2/c33-22-14-16-30-28(19-22)24-15-13-20(18-31(24)34-30)17-27(21-7-2-1-3-8-21)26-11-6-10-25-23-9-4-5-12-29(23)35-32(25)26/h1-16,18-19,27H,17H2. The summed E-state index contributed by atoms with van der Waals surface area (Å²) >= 11 is 10.1. The highest BCUT2D eigenvalue weighted by Crippen LogP contribution is 2.42. The van der Waals surface area contributed by atoms with E-state index >= 15 is 0 Å². The summed E-state index contributed by atoms with van der Waals surface area (Å²) < 4.78 is 5.37. The van der Waals surface area contributed by atoms with Crippen molar-refractivity contribution in [2.24, 2.45) is 0 Å². The van der Waals surface area contributed by atoms with Gasteiger partial charge in [0, 0.05) is 51.3 Å². The van der Waals surface area contributed by atoms with E-state index in [0.29, 0.717) is 0 Å². The van der Waals surface area contributed by atoms with Crippen molar-refractivity contribution in [3.63, 3.8) is 0 Å². The zero-order chi connectivity index (χ0) is 23.4. The van der Waals surface area contributed by atoms with Crippen LogP contribution in [0.4, 0.5) is 0 Å². The van der Waals surface area contributed by atoms with Crippen molar-refractivity contribution in [2.45, 2.75) is 12.3 Å². The highest BCUT2D eigenvalue weighted by molar-refractivity contribution is 7.26. The smallest absolute Gasteiger partial charge is 0.0413 e. The lowest BCUT2D eigenvalue weighted by atomic mass is 9.85. The van der Waals surface area contributed by atoms with Crippen molar-refractivity contribution < 1.29 is 0 Å². The van der Waals surface area contributed by atoms with Gasteiger partial charge in [0.1, 0.15) is 0 Å². The van der Waals surface area contributed by atoms with Gasteiger partial charge in [-0.1, -0.05) is 90.5 Å². The molecule has 1 unspecified atom stereocenters. The van der Waals surface area contributed by atoms with Gasteiger partial charge in [0.2, 0.25) is 0 Å². The SMILES string of the molecule is Clc1ccc2sc3cc(CC(c4ccccc4)c4cccc5c4sc4ccccc45)ccc3c2c1. The Morgan fingerprint density at radius 1 is 0.571 bits per heavy atom. The van der Waals surface area contributed by atoms with Gasteiger partial charge in [-0.15, -0.1) is 22.7 Å². The Kier molecular flexibility index (Phi) is 5.13. The maximum Gasteiger partial charge on any atom is 0.0413 e. The molecule has 0 bridgehead atoms. The van der Waals surface area contributed by atoms with Gasteiger partial charge in [-0.05, 0) is 53.4 Å². The minimum Gasteiger partial charge on any atom is -0.135 e. The Morgan fingerprint density at radius 3 is 2.26 bits per heavy atom. The van der Waals surface area contributed by atoms with Gasteiger partial charge in [0.25, 0.3) is 0 Å². The third-order valence-corrected chi connectivity index (χ3v) is 9.55. The van der Waals surface area contributed by atoms with Gasteiger partial charge in [0.05, 0.1) is 0 Å². The first kappa shape index (κ1) is 21.1. The Balaban J connectivity index is 1.38. The summed E-state index contributed by atoms with van der Waals surface area (Å²) in [4.78, 5) is 0. The summed E-state index contributed by atoms with van der Waals surface area (Å²) in [6.07, 6.45) is 0.961. The second-order valence-corrected chi connectivity index (χ2v) is 11.6. The third-order valence-electron chi connectivity index (χ3n) is 6.95. The van der Waals surface area contributed by atoms with Crippen molar-refractivity contribution in [3.8, 4) is 0 Å². The van der Waals surface area contributed by atoms with Crippen molar-refractivity contribution in [3.05, 3.63) is 131 Å². The van der Waals surface area contributed by atoms with Crippen LogP contribution in [0.2, 0.25) is 5.02 Å². The van der Waals surface area contributed by atoms with E-state index in [2.05, 4.69) is 103 Å². The minimum absolute atomic E-state index is 0.286. The largest absolute Gasteiger partial charge is 0.135 e. The Bertz CT molecular complexity index is 1840. The first-order valence-electron chi connectivity index (χ1n) is 11.8. The molecule has 1 atom stereocenters. The number of benzene rings is 5. The van der Waals surface area contributed by atoms with Crippen LogP contribution >= 0.6 is 34.3 Å². The highest BCUT2D eigenvalue weighted by atomic mass is 35.5. The first-order valence-corrected chi connectivity index (χ1v) is 13.8. The van der Waals surface area contributed by atoms with Crippen LogP contribution in [0.5, 0.6) is 0 Å². The molecule has 0 aliphatic carbocycles. The molecule has 0 saturated heterocycles. The van der Waals surface area contributed by atoms with Crippen molar-refractivity contribution >= 4 is 74.6 Å². The number of halogens is 1. The average Bonchev–Trinajstić information content (AvgIpc) is 3.45. The maximum atomic E-state index is 6.29. The van der Waals surface area contributed by atoms with Gasteiger partial charge >= 0.3 is 0 Å². The predicted molar refractivity (Wildman–Crippen MR) is 156 cm³/mol. The quantitative estimate of drug-likeness (QED) is 0.223. The van der Waals surface area contributed by atoms with Crippen LogP contribution in [0.1, 0.15) is 22.6 Å². The normalized spacial score (nSPS) is 12.7. The predicted octanol–water partition coefficient (Wildman–Crippen LogP) is 10.5. The molecule has 0 amide bonds. The molecule has 0 fully saturated rings. The van der Waals surface area contributed by atoms with Crippen LogP contribution in [0.3, 0.4) is 0 Å². The van der Waals surface area contributed by atoms with Crippen molar-refractivity contribution in [2.75, 3.05) is 0 Å². The second kappa shape index (κ2) is 8.49. The molecule has 0 radical (unpaired) electrons. The summed E-state index contributed by atoms with van der Waals surface area (Å²) in [5, 5.41) is 6.05. The van der Waals surface area contributed by atoms with E-state index in [1.165, 1.54) is 57.0 Å². The van der Waals surface area contributed by atoms with Gasteiger partial charge < -0.3 is 0 Å². The number of fused-ring (bicyclic) bond motifs is 6. The Morgan fingerprint density at radius 2 is 1.34 bits per heavy atom. The molecule has 2 heterocycles. The van der Waals surface area contributed by atoms with Crippen LogP contribution < -0.4 is 0 Å². The number of hydrogen-bond acceptors (Lipinski definition) is 2. The summed E-state index contributed by atoms with van der Waals surface area (Å²) in [5.41, 5.74) is 4.14. The summed E-state index contributed by atoms with van der Waals surface area (Å²) in [7, 11) is 0. The Hall–Kier alpha value is -3.17. The summed E-state index contributed by atoms with van der Waals surface area (Å²) in [6.45, 7) is 0. The van der Waals surface area contributed by atoms with E-state index in [9.17, 15) is 0 Å². The molecule has 3 heteroatoms. The fourth-order valence-electron chi connectivity index (χ4n) is 5.29. The van der Waals surface area contributed by atoms with Crippen LogP contribution in [-0.4, -0.2) is 0 Å². The van der Waals surface area contributed by atoms with Gasteiger partial charge in [-0.2, -0.15) is 0 Å². The monoisotopic (exact) mass is 504 g/mol. The fourth-order valence-corrected chi connectivity index (χ4v) is 7.89. The van der Waals surface area contributed by atoms with Crippen LogP contribution in [0, 0.1) is 0 Å². The van der Waals surface area contributed by atoms with E-state index in [4.69, 9.17) is 11.6 Å². The molecule has 5 aromatic carbocycles. The van der Waals surface area contributed by atoms with Gasteiger partial charge in [-0.3, -0.25) is 0 Å². The molecule has 0 saturated carbocycles. The van der Waals surface area contributed by atoms with Gasteiger partial charge in [-0.25, -0.2) is 0 Å². The lowest BCUT2D eigenvalue weighted by Gasteiger charge is -2.19. The number of hydrogen-bond donors (Lipinski definition) is 0. The highest BCUT2D eigenvalue weighted by Gasteiger charge is 2.20. The molecular weight excluding hydrogens is 484 g/mol. The third kappa shape index (κ3) is 3.65. The Labute approximate surface area is 217 Å². The minimum atomic E-state index is 0.286. The molecule has 35 heavy (non-hydrogen) atoms. The molecule has 7 aromatic rings. The number of thiophene rings is 2. The van der Waals surface area contributed by atoms with Crippen molar-refractivity contribution in [1.82, 2.24) is 0 Å². The summed E-state index contributed by atoms with van der Waals surface area (Å²) in [5.74, 6) is 0.286.